The zero-order chi connectivity index (χ0) is 18.8. The van der Waals surface area contributed by atoms with Gasteiger partial charge in [-0.15, -0.1) is 0 Å². The Kier molecular flexibility index (Phi) is 8.33. The van der Waals surface area contributed by atoms with Crippen LogP contribution in [0.25, 0.3) is 0 Å². The quantitative estimate of drug-likeness (QED) is 0.559. The third-order valence-corrected chi connectivity index (χ3v) is 3.53. The van der Waals surface area contributed by atoms with E-state index in [-0.39, 0.29) is 5.91 Å². The summed E-state index contributed by atoms with van der Waals surface area (Å²) in [5.41, 5.74) is 3.52. The molecule has 25 heavy (non-hydrogen) atoms. The molecule has 0 spiro atoms. The first-order valence-electron chi connectivity index (χ1n) is 8.28. The zero-order valence-electron chi connectivity index (χ0n) is 15.3. The summed E-state index contributed by atoms with van der Waals surface area (Å²) in [6, 6.07) is 6.40. The molecule has 0 aromatic heterocycles. The van der Waals surface area contributed by atoms with Crippen molar-refractivity contribution in [2.24, 2.45) is 0 Å². The van der Waals surface area contributed by atoms with Crippen molar-refractivity contribution in [3.8, 4) is 0 Å². The molecular formula is C20H26N2O3. The molecule has 2 N–H and O–H groups in total. The smallest absolute Gasteiger partial charge is 0.291 e. The summed E-state index contributed by atoms with van der Waals surface area (Å²) in [4.78, 5) is 34.3. The normalized spacial score (nSPS) is 10.8. The van der Waals surface area contributed by atoms with Gasteiger partial charge in [-0.1, -0.05) is 23.3 Å². The third-order valence-electron chi connectivity index (χ3n) is 3.53. The van der Waals surface area contributed by atoms with E-state index in [9.17, 15) is 14.4 Å². The van der Waals surface area contributed by atoms with Crippen LogP contribution < -0.4 is 10.6 Å². The van der Waals surface area contributed by atoms with Crippen LogP contribution in [0.15, 0.2) is 47.6 Å². The average molecular weight is 342 g/mol. The third kappa shape index (κ3) is 8.11. The van der Waals surface area contributed by atoms with Gasteiger partial charge < -0.3 is 10.6 Å². The van der Waals surface area contributed by atoms with Crippen molar-refractivity contribution in [1.29, 1.82) is 0 Å². The number of carbonyl (C=O) groups excluding carboxylic acids is 3. The topological polar surface area (TPSA) is 75.3 Å². The van der Waals surface area contributed by atoms with Crippen LogP contribution in [-0.2, 0) is 9.59 Å². The molecule has 5 nitrogen and oxygen atoms in total. The number of ketones is 1. The number of nitrogens with one attached hydrogen (secondary N) is 2. The molecule has 0 aliphatic carbocycles. The summed E-state index contributed by atoms with van der Waals surface area (Å²) in [5.74, 6) is -1.42. The molecule has 0 aliphatic heterocycles. The molecule has 0 saturated heterocycles. The lowest BCUT2D eigenvalue weighted by molar-refractivity contribution is -0.133. The van der Waals surface area contributed by atoms with Crippen LogP contribution in [0.4, 0.5) is 5.69 Å². The molecule has 0 atom stereocenters. The summed E-state index contributed by atoms with van der Waals surface area (Å²) in [6.45, 7) is 7.89. The number of rotatable bonds is 8. The average Bonchev–Trinajstić information content (AvgIpc) is 2.54. The first-order valence-corrected chi connectivity index (χ1v) is 8.28. The minimum absolute atomic E-state index is 0.183. The van der Waals surface area contributed by atoms with Crippen LogP contribution >= 0.6 is 0 Å². The van der Waals surface area contributed by atoms with E-state index in [0.29, 0.717) is 17.8 Å². The number of allylic oxidation sites excluding steroid dienone is 3. The van der Waals surface area contributed by atoms with Gasteiger partial charge in [0, 0.05) is 24.7 Å². The molecule has 0 saturated carbocycles. The highest BCUT2D eigenvalue weighted by Gasteiger charge is 2.08. The molecule has 1 aromatic rings. The van der Waals surface area contributed by atoms with Gasteiger partial charge in [0.05, 0.1) is 0 Å². The first-order chi connectivity index (χ1) is 11.8. The van der Waals surface area contributed by atoms with E-state index in [1.54, 1.807) is 24.3 Å². The molecule has 134 valence electrons. The maximum atomic E-state index is 12.1. The molecule has 1 rings (SSSR count). The Hall–Kier alpha value is -2.69. The fourth-order valence-electron chi connectivity index (χ4n) is 2.03. The molecule has 0 heterocycles. The Bertz CT molecular complexity index is 681. The van der Waals surface area contributed by atoms with Gasteiger partial charge >= 0.3 is 0 Å². The molecule has 0 bridgehead atoms. The fourth-order valence-corrected chi connectivity index (χ4v) is 2.03. The van der Waals surface area contributed by atoms with Crippen molar-refractivity contribution in [1.82, 2.24) is 5.32 Å². The van der Waals surface area contributed by atoms with E-state index in [4.69, 9.17) is 0 Å². The highest BCUT2D eigenvalue weighted by molar-refractivity contribution is 6.39. The maximum absolute atomic E-state index is 12.1. The molecule has 1 aromatic carbocycles. The van der Waals surface area contributed by atoms with Crippen molar-refractivity contribution in [3.63, 3.8) is 0 Å². The highest BCUT2D eigenvalue weighted by atomic mass is 16.2. The van der Waals surface area contributed by atoms with Gasteiger partial charge in [0.15, 0.2) is 0 Å². The van der Waals surface area contributed by atoms with Crippen LogP contribution in [-0.4, -0.2) is 24.1 Å². The lowest BCUT2D eigenvalue weighted by atomic mass is 10.1. The number of hydrogen-bond acceptors (Lipinski definition) is 3. The lowest BCUT2D eigenvalue weighted by Crippen LogP contribution is -2.23. The zero-order valence-corrected chi connectivity index (χ0v) is 15.3. The van der Waals surface area contributed by atoms with Gasteiger partial charge in [-0.2, -0.15) is 0 Å². The van der Waals surface area contributed by atoms with Crippen LogP contribution in [0.1, 0.15) is 50.9 Å². The van der Waals surface area contributed by atoms with Gasteiger partial charge in [-0.25, -0.2) is 0 Å². The highest BCUT2D eigenvalue weighted by Crippen LogP contribution is 2.10. The fraction of sp³-hybridized carbons (Fsp3) is 0.350. The Morgan fingerprint density at radius 1 is 0.960 bits per heavy atom. The molecule has 0 unspecified atom stereocenters. The summed E-state index contributed by atoms with van der Waals surface area (Å²) in [7, 11) is 0. The maximum Gasteiger partial charge on any atom is 0.291 e. The van der Waals surface area contributed by atoms with E-state index in [2.05, 4.69) is 37.5 Å². The van der Waals surface area contributed by atoms with Crippen LogP contribution in [0.5, 0.6) is 0 Å². The minimum atomic E-state index is -0.675. The van der Waals surface area contributed by atoms with Crippen molar-refractivity contribution < 1.29 is 14.4 Å². The van der Waals surface area contributed by atoms with Gasteiger partial charge in [-0.05, 0) is 57.9 Å². The Morgan fingerprint density at radius 3 is 2.16 bits per heavy atom. The summed E-state index contributed by atoms with van der Waals surface area (Å²) in [6.07, 6.45) is 6.19. The van der Waals surface area contributed by atoms with Crippen molar-refractivity contribution in [2.45, 2.75) is 40.5 Å². The van der Waals surface area contributed by atoms with E-state index >= 15 is 0 Å². The molecular weight excluding hydrogens is 316 g/mol. The number of Topliss-reactive ketones (excluding diaryl/α,β-unsaturated/α-hetero) is 1. The summed E-state index contributed by atoms with van der Waals surface area (Å²) >= 11 is 0. The predicted molar refractivity (Wildman–Crippen MR) is 101 cm³/mol. The lowest BCUT2D eigenvalue weighted by Gasteiger charge is -2.06. The van der Waals surface area contributed by atoms with E-state index in [1.165, 1.54) is 18.1 Å². The number of hydrogen-bond donors (Lipinski definition) is 2. The molecule has 2 amide bonds. The van der Waals surface area contributed by atoms with Gasteiger partial charge in [0.2, 0.25) is 5.78 Å². The Morgan fingerprint density at radius 2 is 1.60 bits per heavy atom. The van der Waals surface area contributed by atoms with Gasteiger partial charge in [0.1, 0.15) is 0 Å². The molecule has 0 aliphatic rings. The second kappa shape index (κ2) is 10.2. The van der Waals surface area contributed by atoms with Crippen LogP contribution in [0.3, 0.4) is 0 Å². The number of benzene rings is 1. The standard InChI is InChI=1S/C20H26N2O3/c1-14(2)6-5-7-15(3)12-13-21-20(25)17-8-10-18(11-9-17)22-19(24)16(4)23/h6,8-12H,5,7,13H2,1-4H3,(H,21,25)(H,22,24). The predicted octanol–water partition coefficient (Wildman–Crippen LogP) is 3.64. The minimum Gasteiger partial charge on any atom is -0.349 e. The first kappa shape index (κ1) is 20.4. The Labute approximate surface area is 149 Å². The van der Waals surface area contributed by atoms with E-state index in [1.807, 2.05) is 6.08 Å². The Balaban J connectivity index is 2.48. The number of amides is 2. The van der Waals surface area contributed by atoms with Gasteiger partial charge in [0.25, 0.3) is 11.8 Å². The van der Waals surface area contributed by atoms with Crippen LogP contribution in [0.2, 0.25) is 0 Å². The molecule has 0 fully saturated rings. The molecule has 0 radical (unpaired) electrons. The SMILES string of the molecule is CC(=O)C(=O)Nc1ccc(C(=O)NCC=C(C)CCC=C(C)C)cc1. The number of carbonyl (C=O) groups is 3. The van der Waals surface area contributed by atoms with Crippen LogP contribution in [0, 0.1) is 0 Å². The van der Waals surface area contributed by atoms with Crippen molar-refractivity contribution >= 4 is 23.3 Å². The second-order valence-electron chi connectivity index (χ2n) is 6.17. The summed E-state index contributed by atoms with van der Waals surface area (Å²) < 4.78 is 0. The van der Waals surface area contributed by atoms with E-state index < -0.39 is 11.7 Å². The number of anilines is 1. The molecule has 5 heteroatoms. The van der Waals surface area contributed by atoms with Crippen molar-refractivity contribution in [2.75, 3.05) is 11.9 Å². The van der Waals surface area contributed by atoms with Crippen molar-refractivity contribution in [3.05, 3.63) is 53.1 Å². The second-order valence-corrected chi connectivity index (χ2v) is 6.17. The van der Waals surface area contributed by atoms with E-state index in [0.717, 1.165) is 12.8 Å². The largest absolute Gasteiger partial charge is 0.349 e. The summed E-state index contributed by atoms with van der Waals surface area (Å²) in [5, 5.41) is 5.29. The van der Waals surface area contributed by atoms with Gasteiger partial charge in [-0.3, -0.25) is 14.4 Å². The monoisotopic (exact) mass is 342 g/mol.